The predicted octanol–water partition coefficient (Wildman–Crippen LogP) is 4.30. The van der Waals surface area contributed by atoms with Gasteiger partial charge in [-0.2, -0.15) is 0 Å². The van der Waals surface area contributed by atoms with Gasteiger partial charge < -0.3 is 10.3 Å². The van der Waals surface area contributed by atoms with E-state index in [1.54, 1.807) is 0 Å². The normalized spacial score (nSPS) is 12.8. The Morgan fingerprint density at radius 2 is 1.85 bits per heavy atom. The summed E-state index contributed by atoms with van der Waals surface area (Å²) in [6, 6.07) is 14.6. The van der Waals surface area contributed by atoms with Crippen LogP contribution in [0.4, 0.5) is 5.95 Å². The molecule has 0 amide bonds. The second-order valence-electron chi connectivity index (χ2n) is 5.01. The molecule has 0 bridgehead atoms. The van der Waals surface area contributed by atoms with E-state index in [-0.39, 0.29) is 6.04 Å². The molecule has 1 unspecified atom stereocenters. The highest BCUT2D eigenvalue weighted by molar-refractivity contribution is 9.10. The minimum atomic E-state index is 0.148. The van der Waals surface area contributed by atoms with Gasteiger partial charge in [-0.25, -0.2) is 4.98 Å². The molecule has 2 aromatic carbocycles. The number of nitrogens with two attached hydrogens (primary N) is 1. The van der Waals surface area contributed by atoms with E-state index in [1.165, 1.54) is 5.56 Å². The van der Waals surface area contributed by atoms with Crippen LogP contribution in [0.25, 0.3) is 11.0 Å². The van der Waals surface area contributed by atoms with Crippen molar-refractivity contribution in [3.63, 3.8) is 0 Å². The maximum atomic E-state index is 6.13. The zero-order chi connectivity index (χ0) is 14.3. The van der Waals surface area contributed by atoms with E-state index in [4.69, 9.17) is 5.73 Å². The Hall–Kier alpha value is -1.81. The Kier molecular flexibility index (Phi) is 3.26. The van der Waals surface area contributed by atoms with Gasteiger partial charge in [-0.3, -0.25) is 0 Å². The second kappa shape index (κ2) is 4.94. The average Bonchev–Trinajstić information content (AvgIpc) is 2.77. The number of hydrogen-bond acceptors (Lipinski definition) is 2. The number of hydrogen-bond donors (Lipinski definition) is 1. The van der Waals surface area contributed by atoms with E-state index in [0.29, 0.717) is 5.95 Å². The summed E-state index contributed by atoms with van der Waals surface area (Å²) < 4.78 is 3.17. The first-order chi connectivity index (χ1) is 9.58. The number of imidazole rings is 1. The van der Waals surface area contributed by atoms with Gasteiger partial charge >= 0.3 is 0 Å². The monoisotopic (exact) mass is 329 g/mol. The highest BCUT2D eigenvalue weighted by Gasteiger charge is 2.16. The summed E-state index contributed by atoms with van der Waals surface area (Å²) in [6.45, 7) is 4.20. The van der Waals surface area contributed by atoms with Crippen molar-refractivity contribution in [1.29, 1.82) is 0 Å². The third-order valence-corrected chi connectivity index (χ3v) is 4.22. The number of fused-ring (bicyclic) bond motifs is 1. The molecule has 3 aromatic rings. The fraction of sp³-hybridized carbons (Fsp3) is 0.188. The van der Waals surface area contributed by atoms with Crippen LogP contribution in [0.3, 0.4) is 0 Å². The van der Waals surface area contributed by atoms with E-state index in [1.807, 2.05) is 18.2 Å². The Bertz CT molecular complexity index is 759. The summed E-state index contributed by atoms with van der Waals surface area (Å²) in [4.78, 5) is 4.51. The first kappa shape index (κ1) is 13.2. The number of benzene rings is 2. The fourth-order valence-electron chi connectivity index (χ4n) is 2.57. The van der Waals surface area contributed by atoms with Crippen LogP contribution >= 0.6 is 15.9 Å². The van der Waals surface area contributed by atoms with Crippen LogP contribution in [0, 0.1) is 6.92 Å². The van der Waals surface area contributed by atoms with Crippen LogP contribution in [-0.4, -0.2) is 9.55 Å². The van der Waals surface area contributed by atoms with Crippen molar-refractivity contribution in [2.24, 2.45) is 0 Å². The van der Waals surface area contributed by atoms with Crippen LogP contribution in [0.2, 0.25) is 0 Å². The number of aromatic nitrogens is 2. The smallest absolute Gasteiger partial charge is 0.201 e. The van der Waals surface area contributed by atoms with E-state index >= 15 is 0 Å². The topological polar surface area (TPSA) is 43.8 Å². The molecule has 2 N–H and O–H groups in total. The molecule has 0 radical (unpaired) electrons. The van der Waals surface area contributed by atoms with Gasteiger partial charge in [-0.05, 0) is 43.2 Å². The van der Waals surface area contributed by atoms with Crippen LogP contribution in [0.1, 0.15) is 24.1 Å². The van der Waals surface area contributed by atoms with Crippen LogP contribution in [0.5, 0.6) is 0 Å². The van der Waals surface area contributed by atoms with Crippen molar-refractivity contribution in [3.8, 4) is 0 Å². The minimum absolute atomic E-state index is 0.148. The molecule has 0 aliphatic heterocycles. The molecule has 0 aliphatic carbocycles. The Labute approximate surface area is 126 Å². The van der Waals surface area contributed by atoms with Crippen molar-refractivity contribution < 1.29 is 0 Å². The van der Waals surface area contributed by atoms with E-state index in [2.05, 4.69) is 63.6 Å². The largest absolute Gasteiger partial charge is 0.369 e. The molecule has 0 fully saturated rings. The number of anilines is 1. The Morgan fingerprint density at radius 1 is 1.15 bits per heavy atom. The third kappa shape index (κ3) is 2.10. The lowest BCUT2D eigenvalue weighted by molar-refractivity contribution is 0.667. The highest BCUT2D eigenvalue weighted by Crippen LogP contribution is 2.29. The first-order valence-electron chi connectivity index (χ1n) is 6.56. The molecular weight excluding hydrogens is 314 g/mol. The molecule has 102 valence electrons. The fourth-order valence-corrected chi connectivity index (χ4v) is 2.84. The number of nitrogens with zero attached hydrogens (tertiary/aromatic N) is 2. The summed E-state index contributed by atoms with van der Waals surface area (Å²) in [7, 11) is 0. The lowest BCUT2D eigenvalue weighted by atomic mass is 10.1. The number of halogens is 1. The predicted molar refractivity (Wildman–Crippen MR) is 86.8 cm³/mol. The zero-order valence-corrected chi connectivity index (χ0v) is 13.1. The molecule has 3 nitrogen and oxygen atoms in total. The number of para-hydroxylation sites is 1. The van der Waals surface area contributed by atoms with Crippen molar-refractivity contribution in [2.45, 2.75) is 19.9 Å². The van der Waals surface area contributed by atoms with Gasteiger partial charge in [0, 0.05) is 4.47 Å². The molecule has 0 spiro atoms. The van der Waals surface area contributed by atoms with Gasteiger partial charge in [0.2, 0.25) is 5.95 Å². The first-order valence-corrected chi connectivity index (χ1v) is 7.35. The van der Waals surface area contributed by atoms with E-state index in [0.717, 1.165) is 21.1 Å². The van der Waals surface area contributed by atoms with Crippen molar-refractivity contribution >= 4 is 32.9 Å². The van der Waals surface area contributed by atoms with Gasteiger partial charge in [0.15, 0.2) is 0 Å². The summed E-state index contributed by atoms with van der Waals surface area (Å²) in [5.74, 6) is 0.560. The number of aryl methyl sites for hydroxylation is 1. The number of nitrogen functional groups attached to an aromatic ring is 1. The van der Waals surface area contributed by atoms with Crippen LogP contribution < -0.4 is 5.73 Å². The molecular formula is C16H16BrN3. The molecule has 3 rings (SSSR count). The lowest BCUT2D eigenvalue weighted by Gasteiger charge is -2.16. The summed E-state index contributed by atoms with van der Waals surface area (Å²) >= 11 is 3.46. The van der Waals surface area contributed by atoms with E-state index < -0.39 is 0 Å². The molecule has 1 heterocycles. The highest BCUT2D eigenvalue weighted by atomic mass is 79.9. The molecule has 1 atom stereocenters. The Balaban J connectivity index is 2.16. The van der Waals surface area contributed by atoms with Crippen molar-refractivity contribution in [3.05, 3.63) is 58.1 Å². The average molecular weight is 330 g/mol. The van der Waals surface area contributed by atoms with Gasteiger partial charge in [-0.1, -0.05) is 40.2 Å². The third-order valence-electron chi connectivity index (χ3n) is 3.69. The van der Waals surface area contributed by atoms with E-state index in [9.17, 15) is 0 Å². The van der Waals surface area contributed by atoms with Crippen molar-refractivity contribution in [2.75, 3.05) is 5.73 Å². The quantitative estimate of drug-likeness (QED) is 0.761. The SMILES string of the molecule is Cc1cccc2c1nc(N)n2C(C)c1ccc(Br)cc1. The molecule has 0 aliphatic rings. The zero-order valence-electron chi connectivity index (χ0n) is 11.5. The molecule has 0 saturated heterocycles. The second-order valence-corrected chi connectivity index (χ2v) is 5.93. The van der Waals surface area contributed by atoms with Gasteiger partial charge in [0.1, 0.15) is 0 Å². The summed E-state index contributed by atoms with van der Waals surface area (Å²) in [5, 5.41) is 0. The molecule has 0 saturated carbocycles. The summed E-state index contributed by atoms with van der Waals surface area (Å²) in [6.07, 6.45) is 0. The molecule has 20 heavy (non-hydrogen) atoms. The standard InChI is InChI=1S/C16H16BrN3/c1-10-4-3-5-14-15(10)19-16(18)20(14)11(2)12-6-8-13(17)9-7-12/h3-9,11H,1-2H3,(H2,18,19). The maximum Gasteiger partial charge on any atom is 0.201 e. The number of rotatable bonds is 2. The minimum Gasteiger partial charge on any atom is -0.369 e. The van der Waals surface area contributed by atoms with Crippen LogP contribution in [-0.2, 0) is 0 Å². The van der Waals surface area contributed by atoms with Gasteiger partial charge in [0.25, 0.3) is 0 Å². The van der Waals surface area contributed by atoms with Crippen molar-refractivity contribution in [1.82, 2.24) is 9.55 Å². The summed E-state index contributed by atoms with van der Waals surface area (Å²) in [5.41, 5.74) is 10.6. The van der Waals surface area contributed by atoms with Gasteiger partial charge in [-0.15, -0.1) is 0 Å². The maximum absolute atomic E-state index is 6.13. The van der Waals surface area contributed by atoms with Crippen LogP contribution in [0.15, 0.2) is 46.9 Å². The Morgan fingerprint density at radius 3 is 2.55 bits per heavy atom. The molecule has 4 heteroatoms. The van der Waals surface area contributed by atoms with Gasteiger partial charge in [0.05, 0.1) is 17.1 Å². The molecule has 1 aromatic heterocycles. The lowest BCUT2D eigenvalue weighted by Crippen LogP contribution is -2.10.